The second-order valence-electron chi connectivity index (χ2n) is 7.55. The van der Waals surface area contributed by atoms with Gasteiger partial charge in [0.2, 0.25) is 10.0 Å². The van der Waals surface area contributed by atoms with Crippen LogP contribution in [0.5, 0.6) is 0 Å². The maximum absolute atomic E-state index is 12.8. The summed E-state index contributed by atoms with van der Waals surface area (Å²) in [6.45, 7) is 4.28. The van der Waals surface area contributed by atoms with Gasteiger partial charge in [0.1, 0.15) is 0 Å². The van der Waals surface area contributed by atoms with Crippen LogP contribution in [-0.4, -0.2) is 76.5 Å². The molecular formula is C23H29N3O5S. The van der Waals surface area contributed by atoms with Crippen molar-refractivity contribution in [3.05, 3.63) is 65.2 Å². The topological polar surface area (TPSA) is 96.0 Å². The number of carbonyl (C=O) groups excluding carboxylic acids is 2. The number of methoxy groups -OCH3 is 1. The number of nitrogens with zero attached hydrogens (tertiary/aromatic N) is 2. The van der Waals surface area contributed by atoms with Crippen molar-refractivity contribution < 1.29 is 22.7 Å². The van der Waals surface area contributed by atoms with Gasteiger partial charge >= 0.3 is 0 Å². The van der Waals surface area contributed by atoms with E-state index in [0.29, 0.717) is 37.3 Å². The Bertz CT molecular complexity index is 1030. The predicted molar refractivity (Wildman–Crippen MR) is 121 cm³/mol. The fourth-order valence-electron chi connectivity index (χ4n) is 3.50. The molecule has 0 unspecified atom stereocenters. The van der Waals surface area contributed by atoms with Crippen LogP contribution >= 0.6 is 0 Å². The van der Waals surface area contributed by atoms with Crippen molar-refractivity contribution in [1.29, 1.82) is 0 Å². The molecule has 172 valence electrons. The molecule has 9 heteroatoms. The summed E-state index contributed by atoms with van der Waals surface area (Å²) in [5.41, 5.74) is 2.25. The van der Waals surface area contributed by atoms with Gasteiger partial charge in [0.15, 0.2) is 0 Å². The Morgan fingerprint density at radius 3 is 1.78 bits per heavy atom. The second-order valence-corrected chi connectivity index (χ2v) is 9.32. The molecule has 0 aromatic heterocycles. The molecular weight excluding hydrogens is 430 g/mol. The molecule has 1 fully saturated rings. The van der Waals surface area contributed by atoms with Crippen LogP contribution in [0.1, 0.15) is 33.2 Å². The zero-order valence-corrected chi connectivity index (χ0v) is 19.2. The lowest BCUT2D eigenvalue weighted by molar-refractivity contribution is 0.0535. The minimum atomic E-state index is -3.65. The number of rotatable bonds is 8. The van der Waals surface area contributed by atoms with Crippen LogP contribution in [0.4, 0.5) is 0 Å². The molecule has 32 heavy (non-hydrogen) atoms. The van der Waals surface area contributed by atoms with Gasteiger partial charge in [-0.15, -0.1) is 0 Å². The fraction of sp³-hybridized carbons (Fsp3) is 0.391. The molecule has 0 atom stereocenters. The standard InChI is InChI=1S/C23H29N3O5S/c1-3-18-4-6-19(7-5-18)22(27)25-13-15-26(16-14-25)23(28)20-8-10-21(11-9-20)32(29,30)24-12-17-31-2/h4-11,24H,3,12-17H2,1-2H3. The molecule has 2 amide bonds. The van der Waals surface area contributed by atoms with E-state index in [1.165, 1.54) is 36.9 Å². The number of hydrogen-bond acceptors (Lipinski definition) is 5. The zero-order valence-electron chi connectivity index (χ0n) is 18.4. The van der Waals surface area contributed by atoms with Gasteiger partial charge in [-0.1, -0.05) is 19.1 Å². The number of benzene rings is 2. The molecule has 1 aliphatic rings. The first-order valence-corrected chi connectivity index (χ1v) is 12.1. The zero-order chi connectivity index (χ0) is 23.1. The average molecular weight is 460 g/mol. The number of amides is 2. The lowest BCUT2D eigenvalue weighted by atomic mass is 10.1. The molecule has 0 aliphatic carbocycles. The molecule has 0 bridgehead atoms. The maximum Gasteiger partial charge on any atom is 0.253 e. The Balaban J connectivity index is 1.57. The largest absolute Gasteiger partial charge is 0.383 e. The van der Waals surface area contributed by atoms with E-state index in [1.54, 1.807) is 9.80 Å². The Labute approximate surface area is 189 Å². The minimum absolute atomic E-state index is 0.0321. The van der Waals surface area contributed by atoms with Gasteiger partial charge in [0, 0.05) is 51.0 Å². The van der Waals surface area contributed by atoms with Gasteiger partial charge in [-0.25, -0.2) is 13.1 Å². The monoisotopic (exact) mass is 459 g/mol. The van der Waals surface area contributed by atoms with Crippen molar-refractivity contribution >= 4 is 21.8 Å². The molecule has 8 nitrogen and oxygen atoms in total. The third kappa shape index (κ3) is 5.73. The van der Waals surface area contributed by atoms with E-state index in [4.69, 9.17) is 4.74 Å². The summed E-state index contributed by atoms with van der Waals surface area (Å²) in [5, 5.41) is 0. The molecule has 1 heterocycles. The summed E-state index contributed by atoms with van der Waals surface area (Å²) in [5.74, 6) is -0.212. The van der Waals surface area contributed by atoms with Crippen molar-refractivity contribution in [3.63, 3.8) is 0 Å². The Morgan fingerprint density at radius 2 is 1.34 bits per heavy atom. The highest BCUT2D eigenvalue weighted by Gasteiger charge is 2.26. The third-order valence-corrected chi connectivity index (χ3v) is 6.95. The van der Waals surface area contributed by atoms with Crippen LogP contribution in [0.2, 0.25) is 0 Å². The van der Waals surface area contributed by atoms with Crippen LogP contribution in [0, 0.1) is 0 Å². The number of carbonyl (C=O) groups is 2. The van der Waals surface area contributed by atoms with E-state index in [9.17, 15) is 18.0 Å². The van der Waals surface area contributed by atoms with E-state index in [0.717, 1.165) is 6.42 Å². The average Bonchev–Trinajstić information content (AvgIpc) is 2.83. The van der Waals surface area contributed by atoms with E-state index in [1.807, 2.05) is 24.3 Å². The van der Waals surface area contributed by atoms with Gasteiger partial charge in [-0.2, -0.15) is 0 Å². The summed E-state index contributed by atoms with van der Waals surface area (Å²) >= 11 is 0. The van der Waals surface area contributed by atoms with Crippen LogP contribution in [-0.2, 0) is 21.2 Å². The third-order valence-electron chi connectivity index (χ3n) is 5.47. The smallest absolute Gasteiger partial charge is 0.253 e. The molecule has 0 saturated carbocycles. The van der Waals surface area contributed by atoms with Crippen LogP contribution < -0.4 is 4.72 Å². The Hall–Kier alpha value is -2.75. The first-order valence-electron chi connectivity index (χ1n) is 10.6. The van der Waals surface area contributed by atoms with Crippen LogP contribution in [0.15, 0.2) is 53.4 Å². The summed E-state index contributed by atoms with van der Waals surface area (Å²) in [4.78, 5) is 29.1. The van der Waals surface area contributed by atoms with Crippen molar-refractivity contribution in [2.45, 2.75) is 18.2 Å². The summed E-state index contributed by atoms with van der Waals surface area (Å²) in [6, 6.07) is 13.5. The summed E-state index contributed by atoms with van der Waals surface area (Å²) in [6.07, 6.45) is 0.923. The number of aryl methyl sites for hydroxylation is 1. The number of nitrogens with one attached hydrogen (secondary N) is 1. The van der Waals surface area contributed by atoms with Gasteiger partial charge in [0.05, 0.1) is 11.5 Å². The predicted octanol–water partition coefficient (Wildman–Crippen LogP) is 1.77. The maximum atomic E-state index is 12.8. The lowest BCUT2D eigenvalue weighted by Crippen LogP contribution is -2.50. The number of piperazine rings is 1. The van der Waals surface area contributed by atoms with Crippen molar-refractivity contribution in [1.82, 2.24) is 14.5 Å². The van der Waals surface area contributed by atoms with Gasteiger partial charge in [0.25, 0.3) is 11.8 Å². The van der Waals surface area contributed by atoms with Gasteiger partial charge in [-0.05, 0) is 48.4 Å². The molecule has 2 aromatic rings. The number of hydrogen-bond donors (Lipinski definition) is 1. The first-order chi connectivity index (χ1) is 15.4. The van der Waals surface area contributed by atoms with E-state index >= 15 is 0 Å². The molecule has 3 rings (SSSR count). The van der Waals surface area contributed by atoms with Gasteiger partial charge in [-0.3, -0.25) is 9.59 Å². The molecule has 1 saturated heterocycles. The van der Waals surface area contributed by atoms with E-state index in [2.05, 4.69) is 11.6 Å². The highest BCUT2D eigenvalue weighted by atomic mass is 32.2. The van der Waals surface area contributed by atoms with Crippen LogP contribution in [0.3, 0.4) is 0 Å². The fourth-order valence-corrected chi connectivity index (χ4v) is 4.51. The highest BCUT2D eigenvalue weighted by molar-refractivity contribution is 7.89. The minimum Gasteiger partial charge on any atom is -0.383 e. The van der Waals surface area contributed by atoms with E-state index in [-0.39, 0.29) is 29.9 Å². The second kappa shape index (κ2) is 10.7. The molecule has 0 radical (unpaired) electrons. The number of ether oxygens (including phenoxy) is 1. The van der Waals surface area contributed by atoms with E-state index < -0.39 is 10.0 Å². The van der Waals surface area contributed by atoms with Gasteiger partial charge < -0.3 is 14.5 Å². The summed E-state index contributed by atoms with van der Waals surface area (Å²) < 4.78 is 31.8. The van der Waals surface area contributed by atoms with Crippen molar-refractivity contribution in [2.24, 2.45) is 0 Å². The molecule has 1 aliphatic heterocycles. The SMILES string of the molecule is CCc1ccc(C(=O)N2CCN(C(=O)c3ccc(S(=O)(=O)NCCOC)cc3)CC2)cc1. The normalized spacial score (nSPS) is 14.4. The molecule has 1 N–H and O–H groups in total. The summed E-state index contributed by atoms with van der Waals surface area (Å²) in [7, 11) is -2.15. The first kappa shape index (κ1) is 23.9. The quantitative estimate of drug-likeness (QED) is 0.607. The Morgan fingerprint density at radius 1 is 0.875 bits per heavy atom. The highest BCUT2D eigenvalue weighted by Crippen LogP contribution is 2.15. The van der Waals surface area contributed by atoms with Crippen LogP contribution in [0.25, 0.3) is 0 Å². The van der Waals surface area contributed by atoms with Crippen molar-refractivity contribution in [3.8, 4) is 0 Å². The van der Waals surface area contributed by atoms with Crippen molar-refractivity contribution in [2.75, 3.05) is 46.4 Å². The molecule has 0 spiro atoms. The Kier molecular flexibility index (Phi) is 8.00. The lowest BCUT2D eigenvalue weighted by Gasteiger charge is -2.35. The molecule has 2 aromatic carbocycles. The number of sulfonamides is 1.